The van der Waals surface area contributed by atoms with Crippen LogP contribution in [0.15, 0.2) is 76.7 Å². The van der Waals surface area contributed by atoms with E-state index in [1.165, 1.54) is 53.8 Å². The smallest absolute Gasteiger partial charge is 0.119 e. The molecule has 35 heavy (non-hydrogen) atoms. The number of nitrogens with zero attached hydrogens (tertiary/aromatic N) is 2. The molecule has 4 nitrogen and oxygen atoms in total. The zero-order valence-electron chi connectivity index (χ0n) is 20.6. The van der Waals surface area contributed by atoms with Crippen molar-refractivity contribution < 1.29 is 9.47 Å². The van der Waals surface area contributed by atoms with Crippen molar-refractivity contribution >= 4 is 11.4 Å². The molecule has 2 heterocycles. The summed E-state index contributed by atoms with van der Waals surface area (Å²) < 4.78 is 12.2. The Labute approximate surface area is 208 Å². The molecule has 0 N–H and O–H groups in total. The molecule has 2 aliphatic rings. The fourth-order valence-corrected chi connectivity index (χ4v) is 4.80. The zero-order valence-corrected chi connectivity index (χ0v) is 20.6. The average Bonchev–Trinajstić information content (AvgIpc) is 2.92. The van der Waals surface area contributed by atoms with Crippen LogP contribution in [-0.2, 0) is 13.2 Å². The van der Waals surface area contributed by atoms with Crippen molar-refractivity contribution in [3.63, 3.8) is 0 Å². The summed E-state index contributed by atoms with van der Waals surface area (Å²) in [6, 6.07) is 23.2. The van der Waals surface area contributed by atoms with Crippen molar-refractivity contribution in [3.8, 4) is 11.5 Å². The molecule has 0 aliphatic carbocycles. The number of hydrogen-bond acceptors (Lipinski definition) is 4. The number of rotatable bonds is 8. The number of benzene rings is 3. The fraction of sp³-hybridized carbons (Fsp3) is 0.355. The van der Waals surface area contributed by atoms with Gasteiger partial charge in [-0.05, 0) is 122 Å². The van der Waals surface area contributed by atoms with E-state index in [1.54, 1.807) is 0 Å². The summed E-state index contributed by atoms with van der Waals surface area (Å²) in [4.78, 5) is 9.33. The molecular formula is C31H34N2O2. The molecule has 180 valence electrons. The third-order valence-electron chi connectivity index (χ3n) is 6.63. The first-order valence-corrected chi connectivity index (χ1v) is 12.9. The van der Waals surface area contributed by atoms with Crippen molar-refractivity contribution in [3.05, 3.63) is 94.5 Å². The first kappa shape index (κ1) is 23.3. The quantitative estimate of drug-likeness (QED) is 0.355. The van der Waals surface area contributed by atoms with Gasteiger partial charge in [-0.3, -0.25) is 9.98 Å². The molecule has 0 saturated heterocycles. The predicted octanol–water partition coefficient (Wildman–Crippen LogP) is 7.10. The Hall–Kier alpha value is -3.40. The number of hydrogen-bond donors (Lipinski definition) is 0. The molecular weight excluding hydrogens is 432 g/mol. The predicted molar refractivity (Wildman–Crippen MR) is 143 cm³/mol. The maximum absolute atomic E-state index is 6.09. The molecule has 0 amide bonds. The molecule has 4 heteroatoms. The van der Waals surface area contributed by atoms with Gasteiger partial charge < -0.3 is 9.47 Å². The lowest BCUT2D eigenvalue weighted by atomic mass is 10.0. The lowest BCUT2D eigenvalue weighted by molar-refractivity contribution is 0.299. The normalized spacial score (nSPS) is 15.8. The summed E-state index contributed by atoms with van der Waals surface area (Å²) in [5, 5.41) is 0. The first-order valence-electron chi connectivity index (χ1n) is 12.9. The van der Waals surface area contributed by atoms with Crippen LogP contribution in [0.2, 0.25) is 0 Å². The van der Waals surface area contributed by atoms with Crippen LogP contribution in [0, 0.1) is 6.92 Å². The summed E-state index contributed by atoms with van der Waals surface area (Å²) in [7, 11) is 0. The molecule has 0 aromatic heterocycles. The molecule has 2 aliphatic heterocycles. The SMILES string of the molecule is Cc1cc(COc2ccc(C3=NCCCC3)cc2)cc(COc2ccc(C3=NCCCC3)cc2)c1. The van der Waals surface area contributed by atoms with E-state index in [2.05, 4.69) is 83.6 Å². The van der Waals surface area contributed by atoms with Gasteiger partial charge in [0.25, 0.3) is 0 Å². The first-order chi connectivity index (χ1) is 17.2. The maximum atomic E-state index is 6.09. The Morgan fingerprint density at radius 2 is 1.06 bits per heavy atom. The van der Waals surface area contributed by atoms with Gasteiger partial charge in [-0.2, -0.15) is 0 Å². The molecule has 0 radical (unpaired) electrons. The van der Waals surface area contributed by atoms with Crippen molar-refractivity contribution in [1.29, 1.82) is 0 Å². The van der Waals surface area contributed by atoms with Gasteiger partial charge in [-0.15, -0.1) is 0 Å². The van der Waals surface area contributed by atoms with Gasteiger partial charge in [0.1, 0.15) is 24.7 Å². The van der Waals surface area contributed by atoms with Gasteiger partial charge >= 0.3 is 0 Å². The number of aryl methyl sites for hydroxylation is 1. The van der Waals surface area contributed by atoms with Crippen LogP contribution in [0.5, 0.6) is 11.5 Å². The lowest BCUT2D eigenvalue weighted by Crippen LogP contribution is -2.07. The topological polar surface area (TPSA) is 43.2 Å². The summed E-state index contributed by atoms with van der Waals surface area (Å²) >= 11 is 0. The van der Waals surface area contributed by atoms with Crippen LogP contribution in [0.1, 0.15) is 66.3 Å². The highest BCUT2D eigenvalue weighted by Gasteiger charge is 2.09. The van der Waals surface area contributed by atoms with E-state index < -0.39 is 0 Å². The van der Waals surface area contributed by atoms with Crippen LogP contribution < -0.4 is 9.47 Å². The van der Waals surface area contributed by atoms with Crippen LogP contribution in [0.4, 0.5) is 0 Å². The van der Waals surface area contributed by atoms with Crippen molar-refractivity contribution in [1.82, 2.24) is 0 Å². The molecule has 0 fully saturated rings. The van der Waals surface area contributed by atoms with Gasteiger partial charge in [-0.25, -0.2) is 0 Å². The van der Waals surface area contributed by atoms with Crippen molar-refractivity contribution in [2.24, 2.45) is 9.98 Å². The molecule has 0 saturated carbocycles. The summed E-state index contributed by atoms with van der Waals surface area (Å²) in [6.07, 6.45) is 7.03. The van der Waals surface area contributed by atoms with E-state index in [0.717, 1.165) is 48.6 Å². The van der Waals surface area contributed by atoms with E-state index in [9.17, 15) is 0 Å². The van der Waals surface area contributed by atoms with Crippen LogP contribution >= 0.6 is 0 Å². The standard InChI is InChI=1S/C31H34N2O2/c1-23-18-24(21-34-28-12-8-26(9-13-28)30-6-2-4-16-32-30)20-25(19-23)22-35-29-14-10-27(11-15-29)31-7-3-5-17-33-31/h8-15,18-20H,2-7,16-17,21-22H2,1H3. The summed E-state index contributed by atoms with van der Waals surface area (Å²) in [5.41, 5.74) is 8.39. The van der Waals surface area contributed by atoms with E-state index in [1.807, 2.05) is 0 Å². The Morgan fingerprint density at radius 3 is 1.46 bits per heavy atom. The second-order valence-electron chi connectivity index (χ2n) is 9.52. The molecule has 3 aromatic carbocycles. The third kappa shape index (κ3) is 6.39. The molecule has 5 rings (SSSR count). The van der Waals surface area contributed by atoms with Crippen LogP contribution in [0.25, 0.3) is 0 Å². The third-order valence-corrected chi connectivity index (χ3v) is 6.63. The minimum atomic E-state index is 0.534. The minimum Gasteiger partial charge on any atom is -0.489 e. The Balaban J connectivity index is 1.16. The molecule has 0 spiro atoms. The van der Waals surface area contributed by atoms with Crippen molar-refractivity contribution in [2.45, 2.75) is 58.7 Å². The fourth-order valence-electron chi connectivity index (χ4n) is 4.80. The van der Waals surface area contributed by atoms with Gasteiger partial charge in [0.15, 0.2) is 0 Å². The Kier molecular flexibility index (Phi) is 7.57. The minimum absolute atomic E-state index is 0.534. The van der Waals surface area contributed by atoms with Gasteiger partial charge in [0.2, 0.25) is 0 Å². The molecule has 3 aromatic rings. The maximum Gasteiger partial charge on any atom is 0.119 e. The lowest BCUT2D eigenvalue weighted by Gasteiger charge is -2.14. The van der Waals surface area contributed by atoms with E-state index in [4.69, 9.17) is 9.47 Å². The van der Waals surface area contributed by atoms with Crippen LogP contribution in [0.3, 0.4) is 0 Å². The monoisotopic (exact) mass is 466 g/mol. The molecule has 0 bridgehead atoms. The Bertz CT molecular complexity index is 1100. The summed E-state index contributed by atoms with van der Waals surface area (Å²) in [5.74, 6) is 1.76. The average molecular weight is 467 g/mol. The highest BCUT2D eigenvalue weighted by molar-refractivity contribution is 6.01. The molecule has 0 unspecified atom stereocenters. The highest BCUT2D eigenvalue weighted by Crippen LogP contribution is 2.21. The largest absolute Gasteiger partial charge is 0.489 e. The molecule has 0 atom stereocenters. The second-order valence-corrected chi connectivity index (χ2v) is 9.52. The Morgan fingerprint density at radius 1 is 0.600 bits per heavy atom. The number of ether oxygens (including phenoxy) is 2. The van der Waals surface area contributed by atoms with Crippen LogP contribution in [-0.4, -0.2) is 24.5 Å². The van der Waals surface area contributed by atoms with E-state index >= 15 is 0 Å². The van der Waals surface area contributed by atoms with Gasteiger partial charge in [0, 0.05) is 24.5 Å². The zero-order chi connectivity index (χ0) is 23.9. The summed E-state index contributed by atoms with van der Waals surface area (Å²) in [6.45, 7) is 5.09. The van der Waals surface area contributed by atoms with E-state index in [0.29, 0.717) is 13.2 Å². The number of aliphatic imine (C=N–C) groups is 2. The van der Waals surface area contributed by atoms with Gasteiger partial charge in [0.05, 0.1) is 0 Å². The second kappa shape index (κ2) is 11.4. The van der Waals surface area contributed by atoms with Gasteiger partial charge in [-0.1, -0.05) is 17.7 Å². The highest BCUT2D eigenvalue weighted by atomic mass is 16.5. The van der Waals surface area contributed by atoms with Crippen molar-refractivity contribution in [2.75, 3.05) is 13.1 Å². The van der Waals surface area contributed by atoms with E-state index in [-0.39, 0.29) is 0 Å².